The minimum Gasteiger partial charge on any atom is -0.444 e. The van der Waals surface area contributed by atoms with Gasteiger partial charge in [0, 0.05) is 12.5 Å². The Labute approximate surface area is 122 Å². The molecule has 0 radical (unpaired) electrons. The average molecular weight is 283 g/mol. The summed E-state index contributed by atoms with van der Waals surface area (Å²) in [7, 11) is 0. The zero-order valence-corrected chi connectivity index (χ0v) is 13.5. The molecule has 1 amide bonds. The number of hydrogen-bond donors (Lipinski definition) is 1. The topological polar surface area (TPSA) is 49.8 Å². The number of likely N-dealkylation sites (tertiary alicyclic amines) is 1. The Kier molecular flexibility index (Phi) is 4.07. The molecule has 1 aliphatic carbocycles. The van der Waals surface area contributed by atoms with E-state index in [1.54, 1.807) is 4.90 Å². The molecular weight excluding hydrogens is 254 g/mol. The molecular formula is C16H29NO3. The van der Waals surface area contributed by atoms with E-state index in [-0.39, 0.29) is 12.0 Å². The Morgan fingerprint density at radius 2 is 1.90 bits per heavy atom. The highest BCUT2D eigenvalue weighted by atomic mass is 16.6. The third kappa shape index (κ3) is 3.87. The molecule has 1 saturated heterocycles. The quantitative estimate of drug-likeness (QED) is 0.847. The molecule has 4 heteroatoms. The van der Waals surface area contributed by atoms with E-state index in [9.17, 15) is 9.90 Å². The minimum atomic E-state index is -0.474. The largest absolute Gasteiger partial charge is 0.444 e. The van der Waals surface area contributed by atoms with Crippen molar-refractivity contribution in [3.05, 3.63) is 0 Å². The predicted octanol–water partition coefficient (Wildman–Crippen LogP) is 3.04. The Hall–Kier alpha value is -0.770. The Bertz CT molecular complexity index is 364. The number of hydrogen-bond acceptors (Lipinski definition) is 3. The van der Waals surface area contributed by atoms with E-state index in [2.05, 4.69) is 13.8 Å². The normalized spacial score (nSPS) is 30.2. The fourth-order valence-corrected chi connectivity index (χ4v) is 3.66. The van der Waals surface area contributed by atoms with Gasteiger partial charge in [0.1, 0.15) is 5.60 Å². The maximum absolute atomic E-state index is 12.0. The number of carbonyl (C=O) groups excluding carboxylic acids is 1. The molecule has 0 aromatic rings. The maximum Gasteiger partial charge on any atom is 0.410 e. The van der Waals surface area contributed by atoms with Crippen LogP contribution < -0.4 is 0 Å². The molecule has 0 aromatic heterocycles. The van der Waals surface area contributed by atoms with Crippen LogP contribution in [0.5, 0.6) is 0 Å². The Morgan fingerprint density at radius 1 is 1.30 bits per heavy atom. The van der Waals surface area contributed by atoms with Crippen molar-refractivity contribution in [2.45, 2.75) is 65.6 Å². The Morgan fingerprint density at radius 3 is 2.40 bits per heavy atom. The van der Waals surface area contributed by atoms with Crippen LogP contribution in [0.4, 0.5) is 4.79 Å². The van der Waals surface area contributed by atoms with Crippen molar-refractivity contribution in [2.75, 3.05) is 13.1 Å². The van der Waals surface area contributed by atoms with E-state index in [0.717, 1.165) is 6.42 Å². The minimum absolute atomic E-state index is 0.212. The highest BCUT2D eigenvalue weighted by Crippen LogP contribution is 2.48. The smallest absolute Gasteiger partial charge is 0.410 e. The van der Waals surface area contributed by atoms with Gasteiger partial charge in [-0.3, -0.25) is 0 Å². The van der Waals surface area contributed by atoms with Crippen LogP contribution in [-0.2, 0) is 4.74 Å². The molecule has 0 spiro atoms. The lowest BCUT2D eigenvalue weighted by molar-refractivity contribution is 0.0268. The van der Waals surface area contributed by atoms with Gasteiger partial charge in [-0.1, -0.05) is 13.8 Å². The van der Waals surface area contributed by atoms with E-state index < -0.39 is 11.7 Å². The summed E-state index contributed by atoms with van der Waals surface area (Å²) in [4.78, 5) is 13.7. The van der Waals surface area contributed by atoms with Crippen molar-refractivity contribution in [1.82, 2.24) is 4.90 Å². The van der Waals surface area contributed by atoms with Gasteiger partial charge in [0.2, 0.25) is 0 Å². The molecule has 0 bridgehead atoms. The standard InChI is InChI=1S/C16H29NO3/c1-15(2,3)20-14(19)17-9-12(13(18)10-17)6-11-7-16(4,5)8-11/h11-13,18H,6-10H2,1-5H3/t12-,13-/m1/s1. The number of rotatable bonds is 2. The van der Waals surface area contributed by atoms with Crippen LogP contribution >= 0.6 is 0 Å². The molecule has 4 nitrogen and oxygen atoms in total. The molecule has 1 aliphatic heterocycles. The first-order valence-corrected chi connectivity index (χ1v) is 7.72. The molecule has 1 N–H and O–H groups in total. The van der Waals surface area contributed by atoms with E-state index in [0.29, 0.717) is 24.4 Å². The average Bonchev–Trinajstić information content (AvgIpc) is 2.55. The van der Waals surface area contributed by atoms with E-state index >= 15 is 0 Å². The van der Waals surface area contributed by atoms with Gasteiger partial charge in [0.05, 0.1) is 12.6 Å². The van der Waals surface area contributed by atoms with Gasteiger partial charge >= 0.3 is 6.09 Å². The fraction of sp³-hybridized carbons (Fsp3) is 0.938. The predicted molar refractivity (Wildman–Crippen MR) is 78.4 cm³/mol. The second-order valence-electron chi connectivity index (χ2n) is 8.39. The fourth-order valence-electron chi connectivity index (χ4n) is 3.66. The molecule has 0 aromatic carbocycles. The third-order valence-electron chi connectivity index (χ3n) is 4.38. The van der Waals surface area contributed by atoms with Crippen LogP contribution in [0.15, 0.2) is 0 Å². The number of ether oxygens (including phenoxy) is 1. The molecule has 2 aliphatic rings. The van der Waals surface area contributed by atoms with Gasteiger partial charge in [0.15, 0.2) is 0 Å². The van der Waals surface area contributed by atoms with Gasteiger partial charge in [-0.2, -0.15) is 0 Å². The number of amides is 1. The summed E-state index contributed by atoms with van der Waals surface area (Å²) in [6.45, 7) is 11.2. The lowest BCUT2D eigenvalue weighted by atomic mass is 9.62. The molecule has 116 valence electrons. The summed E-state index contributed by atoms with van der Waals surface area (Å²) in [6.07, 6.45) is 2.81. The van der Waals surface area contributed by atoms with Gasteiger partial charge in [-0.05, 0) is 51.4 Å². The highest BCUT2D eigenvalue weighted by Gasteiger charge is 2.42. The van der Waals surface area contributed by atoms with Gasteiger partial charge in [-0.25, -0.2) is 4.79 Å². The van der Waals surface area contributed by atoms with Crippen LogP contribution in [0.2, 0.25) is 0 Å². The number of aliphatic hydroxyl groups is 1. The van der Waals surface area contributed by atoms with Gasteiger partial charge in [-0.15, -0.1) is 0 Å². The maximum atomic E-state index is 12.0. The molecule has 2 rings (SSSR count). The number of carbonyl (C=O) groups is 1. The summed E-state index contributed by atoms with van der Waals surface area (Å²) in [5, 5.41) is 10.2. The number of β-amino-alcohol motifs (C(OH)–C–C–N with tert-alkyl or cyclic N) is 1. The molecule has 20 heavy (non-hydrogen) atoms. The van der Waals surface area contributed by atoms with Gasteiger partial charge < -0.3 is 14.7 Å². The van der Waals surface area contributed by atoms with E-state index in [1.165, 1.54) is 12.8 Å². The van der Waals surface area contributed by atoms with E-state index in [4.69, 9.17) is 4.74 Å². The first-order chi connectivity index (χ1) is 9.06. The second kappa shape index (κ2) is 5.21. The zero-order chi connectivity index (χ0) is 15.1. The lowest BCUT2D eigenvalue weighted by Crippen LogP contribution is -2.36. The summed E-state index contributed by atoms with van der Waals surface area (Å²) in [5.41, 5.74) is -0.00278. The van der Waals surface area contributed by atoms with Crippen molar-refractivity contribution >= 4 is 6.09 Å². The number of aliphatic hydroxyl groups excluding tert-OH is 1. The van der Waals surface area contributed by atoms with E-state index in [1.807, 2.05) is 20.8 Å². The van der Waals surface area contributed by atoms with Crippen LogP contribution in [0.25, 0.3) is 0 Å². The SMILES string of the molecule is CC1(C)CC(C[C@@H]2CN(C(=O)OC(C)(C)C)C[C@H]2O)C1. The van der Waals surface area contributed by atoms with Crippen LogP contribution in [0.1, 0.15) is 53.9 Å². The molecule has 2 fully saturated rings. The summed E-state index contributed by atoms with van der Waals surface area (Å²) in [6, 6.07) is 0. The van der Waals surface area contributed by atoms with Crippen molar-refractivity contribution in [1.29, 1.82) is 0 Å². The first-order valence-electron chi connectivity index (χ1n) is 7.72. The van der Waals surface area contributed by atoms with Gasteiger partial charge in [0.25, 0.3) is 0 Å². The van der Waals surface area contributed by atoms with Crippen molar-refractivity contribution in [2.24, 2.45) is 17.3 Å². The van der Waals surface area contributed by atoms with Crippen LogP contribution in [0, 0.1) is 17.3 Å². The lowest BCUT2D eigenvalue weighted by Gasteiger charge is -2.44. The van der Waals surface area contributed by atoms with Crippen LogP contribution in [0.3, 0.4) is 0 Å². The highest BCUT2D eigenvalue weighted by molar-refractivity contribution is 5.68. The molecule has 1 saturated carbocycles. The van der Waals surface area contributed by atoms with Crippen molar-refractivity contribution in [3.63, 3.8) is 0 Å². The Balaban J connectivity index is 1.82. The van der Waals surface area contributed by atoms with Crippen molar-refractivity contribution < 1.29 is 14.6 Å². The number of nitrogens with zero attached hydrogens (tertiary/aromatic N) is 1. The zero-order valence-electron chi connectivity index (χ0n) is 13.5. The molecule has 2 atom stereocenters. The molecule has 1 heterocycles. The first kappa shape index (κ1) is 15.6. The van der Waals surface area contributed by atoms with Crippen molar-refractivity contribution in [3.8, 4) is 0 Å². The summed E-state index contributed by atoms with van der Waals surface area (Å²) in [5.74, 6) is 0.923. The summed E-state index contributed by atoms with van der Waals surface area (Å²) < 4.78 is 5.37. The van der Waals surface area contributed by atoms with Crippen LogP contribution in [-0.4, -0.2) is 40.9 Å². The monoisotopic (exact) mass is 283 g/mol. The third-order valence-corrected chi connectivity index (χ3v) is 4.38. The second-order valence-corrected chi connectivity index (χ2v) is 8.39. The summed E-state index contributed by atoms with van der Waals surface area (Å²) >= 11 is 0. The molecule has 0 unspecified atom stereocenters.